The van der Waals surface area contributed by atoms with Gasteiger partial charge in [0.05, 0.1) is 0 Å². The van der Waals surface area contributed by atoms with Crippen molar-refractivity contribution in [3.05, 3.63) is 28.2 Å². The fourth-order valence-corrected chi connectivity index (χ4v) is 4.15. The van der Waals surface area contributed by atoms with Gasteiger partial charge in [0.2, 0.25) is 0 Å². The Morgan fingerprint density at radius 3 is 3.00 bits per heavy atom. The molecule has 4 heteroatoms. The molecule has 0 bridgehead atoms. The van der Waals surface area contributed by atoms with Crippen molar-refractivity contribution in [3.8, 4) is 0 Å². The van der Waals surface area contributed by atoms with E-state index >= 15 is 0 Å². The van der Waals surface area contributed by atoms with Gasteiger partial charge in [0, 0.05) is 40.3 Å². The SMILES string of the molecule is CCC1CN(c2ccc(Br)cc2CC(C)N)CCS1. The van der Waals surface area contributed by atoms with Gasteiger partial charge < -0.3 is 10.6 Å². The Balaban J connectivity index is 2.22. The van der Waals surface area contributed by atoms with Crippen LogP contribution in [0.4, 0.5) is 5.69 Å². The van der Waals surface area contributed by atoms with Gasteiger partial charge in [-0.15, -0.1) is 0 Å². The van der Waals surface area contributed by atoms with E-state index in [4.69, 9.17) is 5.73 Å². The zero-order valence-corrected chi connectivity index (χ0v) is 14.1. The van der Waals surface area contributed by atoms with Crippen LogP contribution in [-0.4, -0.2) is 30.1 Å². The van der Waals surface area contributed by atoms with Crippen molar-refractivity contribution >= 4 is 33.4 Å². The molecule has 1 aliphatic heterocycles. The Morgan fingerprint density at radius 2 is 2.32 bits per heavy atom. The number of hydrogen-bond acceptors (Lipinski definition) is 3. The van der Waals surface area contributed by atoms with Gasteiger partial charge in [-0.1, -0.05) is 22.9 Å². The van der Waals surface area contributed by atoms with Crippen molar-refractivity contribution in [2.45, 2.75) is 38.0 Å². The van der Waals surface area contributed by atoms with Gasteiger partial charge in [0.15, 0.2) is 0 Å². The Kier molecular flexibility index (Phi) is 5.60. The highest BCUT2D eigenvalue weighted by atomic mass is 79.9. The van der Waals surface area contributed by atoms with Gasteiger partial charge >= 0.3 is 0 Å². The maximum atomic E-state index is 5.99. The number of benzene rings is 1. The van der Waals surface area contributed by atoms with Gasteiger partial charge in [-0.25, -0.2) is 0 Å². The summed E-state index contributed by atoms with van der Waals surface area (Å²) in [6.07, 6.45) is 2.19. The second kappa shape index (κ2) is 7.00. The highest BCUT2D eigenvalue weighted by Gasteiger charge is 2.21. The summed E-state index contributed by atoms with van der Waals surface area (Å²) in [7, 11) is 0. The molecule has 1 saturated heterocycles. The number of halogens is 1. The van der Waals surface area contributed by atoms with Crippen LogP contribution in [0.25, 0.3) is 0 Å². The summed E-state index contributed by atoms with van der Waals surface area (Å²) in [5.41, 5.74) is 8.73. The molecule has 2 rings (SSSR count). The lowest BCUT2D eigenvalue weighted by atomic mass is 10.0. The minimum Gasteiger partial charge on any atom is -0.369 e. The molecule has 2 nitrogen and oxygen atoms in total. The van der Waals surface area contributed by atoms with E-state index in [2.05, 4.69) is 64.6 Å². The summed E-state index contributed by atoms with van der Waals surface area (Å²) in [5, 5.41) is 0.764. The first-order valence-electron chi connectivity index (χ1n) is 7.00. The van der Waals surface area contributed by atoms with Gasteiger partial charge in [0.1, 0.15) is 0 Å². The zero-order valence-electron chi connectivity index (χ0n) is 11.7. The molecule has 0 amide bonds. The summed E-state index contributed by atoms with van der Waals surface area (Å²) < 4.78 is 1.14. The average molecular weight is 343 g/mol. The minimum atomic E-state index is 0.203. The van der Waals surface area contributed by atoms with Gasteiger partial charge in [-0.05, 0) is 43.5 Å². The lowest BCUT2D eigenvalue weighted by Crippen LogP contribution is -2.38. The van der Waals surface area contributed by atoms with Crippen LogP contribution < -0.4 is 10.6 Å². The second-order valence-corrected chi connectivity index (χ2v) is 7.63. The average Bonchev–Trinajstić information content (AvgIpc) is 2.38. The molecular weight excluding hydrogens is 320 g/mol. The van der Waals surface area contributed by atoms with E-state index in [1.807, 2.05) is 0 Å². The van der Waals surface area contributed by atoms with Crippen LogP contribution >= 0.6 is 27.7 Å². The van der Waals surface area contributed by atoms with Crippen molar-refractivity contribution < 1.29 is 0 Å². The number of nitrogens with zero attached hydrogens (tertiary/aromatic N) is 1. The summed E-state index contributed by atoms with van der Waals surface area (Å²) in [4.78, 5) is 2.54. The molecule has 2 atom stereocenters. The third kappa shape index (κ3) is 4.14. The molecule has 1 aromatic carbocycles. The van der Waals surface area contributed by atoms with Crippen LogP contribution in [0.2, 0.25) is 0 Å². The first kappa shape index (κ1) is 15.2. The third-order valence-corrected chi connectivity index (χ3v) is 5.38. The predicted molar refractivity (Wildman–Crippen MR) is 90.2 cm³/mol. The highest BCUT2D eigenvalue weighted by molar-refractivity contribution is 9.10. The Labute approximate surface area is 129 Å². The number of anilines is 1. The Morgan fingerprint density at radius 1 is 1.53 bits per heavy atom. The standard InChI is InChI=1S/C15H23BrN2S/c1-3-14-10-18(6-7-19-14)15-5-4-13(16)9-12(15)8-11(2)17/h4-5,9,11,14H,3,6-8,10,17H2,1-2H3. The number of rotatable bonds is 4. The normalized spacial score (nSPS) is 21.5. The maximum Gasteiger partial charge on any atom is 0.0400 e. The van der Waals surface area contributed by atoms with Gasteiger partial charge in [-0.2, -0.15) is 11.8 Å². The molecule has 0 aliphatic carbocycles. The van der Waals surface area contributed by atoms with E-state index in [9.17, 15) is 0 Å². The lowest BCUT2D eigenvalue weighted by molar-refractivity contribution is 0.707. The van der Waals surface area contributed by atoms with Crippen LogP contribution in [-0.2, 0) is 6.42 Å². The zero-order chi connectivity index (χ0) is 13.8. The molecule has 106 valence electrons. The molecular formula is C15H23BrN2S. The van der Waals surface area contributed by atoms with Crippen LogP contribution in [0.15, 0.2) is 22.7 Å². The van der Waals surface area contributed by atoms with Crippen molar-refractivity contribution in [1.82, 2.24) is 0 Å². The quantitative estimate of drug-likeness (QED) is 0.904. The molecule has 0 spiro atoms. The van der Waals surface area contributed by atoms with E-state index in [1.54, 1.807) is 0 Å². The van der Waals surface area contributed by atoms with Crippen molar-refractivity contribution in [2.75, 3.05) is 23.7 Å². The van der Waals surface area contributed by atoms with Gasteiger partial charge in [-0.3, -0.25) is 0 Å². The molecule has 2 unspecified atom stereocenters. The van der Waals surface area contributed by atoms with E-state index in [1.165, 1.54) is 23.4 Å². The van der Waals surface area contributed by atoms with Crippen molar-refractivity contribution in [3.63, 3.8) is 0 Å². The number of hydrogen-bond donors (Lipinski definition) is 1. The summed E-state index contributed by atoms with van der Waals surface area (Å²) in [6, 6.07) is 6.81. The molecule has 1 heterocycles. The molecule has 1 aliphatic rings. The largest absolute Gasteiger partial charge is 0.369 e. The summed E-state index contributed by atoms with van der Waals surface area (Å²) in [6.45, 7) is 6.67. The molecule has 0 radical (unpaired) electrons. The summed E-state index contributed by atoms with van der Waals surface area (Å²) >= 11 is 5.68. The topological polar surface area (TPSA) is 29.3 Å². The lowest BCUT2D eigenvalue weighted by Gasteiger charge is -2.35. The Bertz CT molecular complexity index is 423. The van der Waals surface area contributed by atoms with Crippen LogP contribution in [0.3, 0.4) is 0 Å². The smallest absolute Gasteiger partial charge is 0.0400 e. The fourth-order valence-electron chi connectivity index (χ4n) is 2.56. The third-order valence-electron chi connectivity index (χ3n) is 3.52. The number of thioether (sulfide) groups is 1. The van der Waals surface area contributed by atoms with Crippen LogP contribution in [0, 0.1) is 0 Å². The van der Waals surface area contributed by atoms with Crippen molar-refractivity contribution in [2.24, 2.45) is 5.73 Å². The van der Waals surface area contributed by atoms with Crippen LogP contribution in [0.5, 0.6) is 0 Å². The van der Waals surface area contributed by atoms with E-state index in [0.717, 1.165) is 29.2 Å². The van der Waals surface area contributed by atoms with Crippen molar-refractivity contribution in [1.29, 1.82) is 0 Å². The van der Waals surface area contributed by atoms with Gasteiger partial charge in [0.25, 0.3) is 0 Å². The molecule has 2 N–H and O–H groups in total. The first-order valence-corrected chi connectivity index (χ1v) is 8.85. The molecule has 0 saturated carbocycles. The molecule has 19 heavy (non-hydrogen) atoms. The predicted octanol–water partition coefficient (Wildman–Crippen LogP) is 3.67. The first-order chi connectivity index (χ1) is 9.10. The Hall–Kier alpha value is -0.190. The molecule has 1 fully saturated rings. The number of nitrogens with two attached hydrogens (primary N) is 1. The summed E-state index contributed by atoms with van der Waals surface area (Å²) in [5.74, 6) is 1.23. The van der Waals surface area contributed by atoms with E-state index in [0.29, 0.717) is 0 Å². The fraction of sp³-hybridized carbons (Fsp3) is 0.600. The molecule has 0 aromatic heterocycles. The maximum absolute atomic E-state index is 5.99. The van der Waals surface area contributed by atoms with E-state index in [-0.39, 0.29) is 6.04 Å². The highest BCUT2D eigenvalue weighted by Crippen LogP contribution is 2.30. The second-order valence-electron chi connectivity index (χ2n) is 5.30. The van der Waals surface area contributed by atoms with E-state index < -0.39 is 0 Å². The minimum absolute atomic E-state index is 0.203. The van der Waals surface area contributed by atoms with Crippen LogP contribution in [0.1, 0.15) is 25.8 Å². The monoisotopic (exact) mass is 342 g/mol. The molecule has 1 aromatic rings.